The van der Waals surface area contributed by atoms with Gasteiger partial charge in [-0.1, -0.05) is 5.16 Å². The first-order valence-corrected chi connectivity index (χ1v) is 4.96. The number of nitrogens with zero attached hydrogens (tertiary/aromatic N) is 2. The van der Waals surface area contributed by atoms with Crippen molar-refractivity contribution < 1.29 is 17.7 Å². The van der Waals surface area contributed by atoms with Gasteiger partial charge in [-0.2, -0.15) is 18.2 Å². The van der Waals surface area contributed by atoms with E-state index < -0.39 is 18.6 Å². The van der Waals surface area contributed by atoms with Crippen molar-refractivity contribution >= 4 is 0 Å². The van der Waals surface area contributed by atoms with Gasteiger partial charge in [-0.05, 0) is 13.8 Å². The maximum absolute atomic E-state index is 12.0. The quantitative estimate of drug-likeness (QED) is 0.849. The third-order valence-electron chi connectivity index (χ3n) is 1.94. The van der Waals surface area contributed by atoms with Crippen LogP contribution in [-0.4, -0.2) is 28.9 Å². The second-order valence-corrected chi connectivity index (χ2v) is 3.66. The molecule has 1 rings (SSSR count). The van der Waals surface area contributed by atoms with Crippen LogP contribution in [0.2, 0.25) is 0 Å². The van der Waals surface area contributed by atoms with E-state index in [4.69, 9.17) is 4.52 Å². The Balaban J connectivity index is 2.20. The molecule has 0 saturated carbocycles. The van der Waals surface area contributed by atoms with Gasteiger partial charge in [-0.3, -0.25) is 0 Å². The minimum atomic E-state index is -4.13. The van der Waals surface area contributed by atoms with E-state index in [1.165, 1.54) is 6.92 Å². The highest BCUT2D eigenvalue weighted by atomic mass is 19.4. The molecule has 1 heterocycles. The van der Waals surface area contributed by atoms with Crippen LogP contribution in [0.3, 0.4) is 0 Å². The fourth-order valence-electron chi connectivity index (χ4n) is 1.29. The van der Waals surface area contributed by atoms with Crippen LogP contribution in [0.4, 0.5) is 13.2 Å². The molecule has 0 aliphatic rings. The first kappa shape index (κ1) is 13.0. The molecule has 0 aliphatic carbocycles. The molecule has 1 aromatic heterocycles. The van der Waals surface area contributed by atoms with Crippen LogP contribution in [0.25, 0.3) is 0 Å². The van der Waals surface area contributed by atoms with Crippen molar-refractivity contribution in [2.75, 3.05) is 6.54 Å². The van der Waals surface area contributed by atoms with Crippen molar-refractivity contribution in [2.45, 2.75) is 38.9 Å². The summed E-state index contributed by atoms with van der Waals surface area (Å²) in [5.74, 6) is 0.961. The molecule has 0 saturated heterocycles. The predicted molar refractivity (Wildman–Crippen MR) is 50.9 cm³/mol. The molecule has 0 radical (unpaired) electrons. The standard InChI is InChI=1S/C9H14F3N3O/c1-6(5-9(10,11)12)13-4-3-8-14-7(2)15-16-8/h6,13H,3-5H2,1-2H3. The van der Waals surface area contributed by atoms with Gasteiger partial charge >= 0.3 is 6.18 Å². The number of rotatable bonds is 5. The number of nitrogens with one attached hydrogen (secondary N) is 1. The highest BCUT2D eigenvalue weighted by Crippen LogP contribution is 2.21. The Kier molecular flexibility index (Phi) is 4.28. The summed E-state index contributed by atoms with van der Waals surface area (Å²) in [5.41, 5.74) is 0. The zero-order chi connectivity index (χ0) is 12.2. The van der Waals surface area contributed by atoms with E-state index in [0.717, 1.165) is 0 Å². The average molecular weight is 237 g/mol. The van der Waals surface area contributed by atoms with Crippen LogP contribution in [0.15, 0.2) is 4.52 Å². The van der Waals surface area contributed by atoms with Crippen LogP contribution in [0, 0.1) is 6.92 Å². The summed E-state index contributed by atoms with van der Waals surface area (Å²) >= 11 is 0. The molecule has 92 valence electrons. The molecule has 0 spiro atoms. The van der Waals surface area contributed by atoms with Gasteiger partial charge in [-0.25, -0.2) is 0 Å². The normalized spacial score (nSPS) is 14.1. The first-order chi connectivity index (χ1) is 7.37. The minimum Gasteiger partial charge on any atom is -0.339 e. The Morgan fingerprint density at radius 2 is 2.12 bits per heavy atom. The van der Waals surface area contributed by atoms with E-state index in [0.29, 0.717) is 24.7 Å². The Labute approximate surface area is 91.2 Å². The van der Waals surface area contributed by atoms with Gasteiger partial charge in [-0.15, -0.1) is 0 Å². The maximum atomic E-state index is 12.0. The Hall–Kier alpha value is -1.11. The maximum Gasteiger partial charge on any atom is 0.390 e. The van der Waals surface area contributed by atoms with Gasteiger partial charge in [0.05, 0.1) is 6.42 Å². The highest BCUT2D eigenvalue weighted by Gasteiger charge is 2.29. The third-order valence-corrected chi connectivity index (χ3v) is 1.94. The molecule has 0 fully saturated rings. The van der Waals surface area contributed by atoms with Crippen LogP contribution in [0.1, 0.15) is 25.1 Å². The lowest BCUT2D eigenvalue weighted by molar-refractivity contribution is -0.138. The number of aromatic nitrogens is 2. The predicted octanol–water partition coefficient (Wildman–Crippen LogP) is 1.85. The highest BCUT2D eigenvalue weighted by molar-refractivity contribution is 4.83. The average Bonchev–Trinajstić information content (AvgIpc) is 2.48. The summed E-state index contributed by atoms with van der Waals surface area (Å²) in [6.45, 7) is 3.57. The molecule has 1 atom stereocenters. The van der Waals surface area contributed by atoms with Crippen molar-refractivity contribution in [1.82, 2.24) is 15.5 Å². The minimum absolute atomic E-state index is 0.388. The van der Waals surface area contributed by atoms with Crippen LogP contribution >= 0.6 is 0 Å². The van der Waals surface area contributed by atoms with Gasteiger partial charge in [0.15, 0.2) is 5.82 Å². The third kappa shape index (κ3) is 5.11. The monoisotopic (exact) mass is 237 g/mol. The van der Waals surface area contributed by atoms with Crippen molar-refractivity contribution in [2.24, 2.45) is 0 Å². The fourth-order valence-corrected chi connectivity index (χ4v) is 1.29. The molecule has 1 unspecified atom stereocenters. The van der Waals surface area contributed by atoms with Gasteiger partial charge in [0.2, 0.25) is 5.89 Å². The molecular weight excluding hydrogens is 223 g/mol. The summed E-state index contributed by atoms with van der Waals surface area (Å²) in [6, 6.07) is -0.607. The fraction of sp³-hybridized carbons (Fsp3) is 0.778. The topological polar surface area (TPSA) is 51.0 Å². The number of alkyl halides is 3. The van der Waals surface area contributed by atoms with E-state index in [1.807, 2.05) is 0 Å². The molecule has 4 nitrogen and oxygen atoms in total. The molecule has 1 aromatic rings. The van der Waals surface area contributed by atoms with Gasteiger partial charge < -0.3 is 9.84 Å². The summed E-state index contributed by atoms with van der Waals surface area (Å²) in [4.78, 5) is 3.94. The summed E-state index contributed by atoms with van der Waals surface area (Å²) in [7, 11) is 0. The largest absolute Gasteiger partial charge is 0.390 e. The lowest BCUT2D eigenvalue weighted by atomic mass is 10.2. The molecular formula is C9H14F3N3O. The smallest absolute Gasteiger partial charge is 0.339 e. The summed E-state index contributed by atoms with van der Waals surface area (Å²) in [6.07, 6.45) is -4.54. The lowest BCUT2D eigenvalue weighted by Gasteiger charge is -2.14. The lowest BCUT2D eigenvalue weighted by Crippen LogP contribution is -2.32. The van der Waals surface area contributed by atoms with Crippen LogP contribution in [-0.2, 0) is 6.42 Å². The van der Waals surface area contributed by atoms with E-state index in [2.05, 4.69) is 15.5 Å². The van der Waals surface area contributed by atoms with Crippen LogP contribution < -0.4 is 5.32 Å². The molecule has 1 N–H and O–H groups in total. The number of hydrogen-bond donors (Lipinski definition) is 1. The van der Waals surface area contributed by atoms with E-state index >= 15 is 0 Å². The summed E-state index contributed by atoms with van der Waals surface area (Å²) in [5, 5.41) is 6.33. The Morgan fingerprint density at radius 3 is 2.62 bits per heavy atom. The van der Waals surface area contributed by atoms with E-state index in [-0.39, 0.29) is 0 Å². The number of aryl methyl sites for hydroxylation is 1. The molecule has 0 amide bonds. The Morgan fingerprint density at radius 1 is 1.44 bits per heavy atom. The second-order valence-electron chi connectivity index (χ2n) is 3.66. The molecule has 7 heteroatoms. The zero-order valence-electron chi connectivity index (χ0n) is 9.14. The molecule has 0 aliphatic heterocycles. The van der Waals surface area contributed by atoms with Crippen molar-refractivity contribution in [3.05, 3.63) is 11.7 Å². The van der Waals surface area contributed by atoms with Gasteiger partial charge in [0.25, 0.3) is 0 Å². The molecule has 16 heavy (non-hydrogen) atoms. The SMILES string of the molecule is Cc1noc(CCNC(C)CC(F)(F)F)n1. The van der Waals surface area contributed by atoms with E-state index in [9.17, 15) is 13.2 Å². The first-order valence-electron chi connectivity index (χ1n) is 4.96. The summed E-state index contributed by atoms with van der Waals surface area (Å²) < 4.78 is 40.8. The van der Waals surface area contributed by atoms with Gasteiger partial charge in [0, 0.05) is 19.0 Å². The van der Waals surface area contributed by atoms with Crippen molar-refractivity contribution in [3.63, 3.8) is 0 Å². The van der Waals surface area contributed by atoms with E-state index in [1.54, 1.807) is 6.92 Å². The van der Waals surface area contributed by atoms with Crippen molar-refractivity contribution in [1.29, 1.82) is 0 Å². The second kappa shape index (κ2) is 5.29. The Bertz CT molecular complexity index is 324. The van der Waals surface area contributed by atoms with Crippen molar-refractivity contribution in [3.8, 4) is 0 Å². The molecule has 0 bridgehead atoms. The van der Waals surface area contributed by atoms with Gasteiger partial charge in [0.1, 0.15) is 0 Å². The molecule has 0 aromatic carbocycles. The number of halogens is 3. The zero-order valence-corrected chi connectivity index (χ0v) is 9.14. The van der Waals surface area contributed by atoms with Crippen LogP contribution in [0.5, 0.6) is 0 Å². The number of hydrogen-bond acceptors (Lipinski definition) is 4.